The predicted octanol–water partition coefficient (Wildman–Crippen LogP) is 0.893. The van der Waals surface area contributed by atoms with Gasteiger partial charge in [0.05, 0.1) is 0 Å². The van der Waals surface area contributed by atoms with Gasteiger partial charge in [-0.15, -0.1) is 0 Å². The van der Waals surface area contributed by atoms with E-state index >= 15 is 0 Å². The Balaban J connectivity index is 4.41. The third kappa shape index (κ3) is 4.15. The fraction of sp³-hybridized carbons (Fsp3) is 0.500. The van der Waals surface area contributed by atoms with Crippen LogP contribution in [0.2, 0.25) is 0 Å². The van der Waals surface area contributed by atoms with Crippen LogP contribution in [0.3, 0.4) is 0 Å². The molecule has 1 amide bonds. The van der Waals surface area contributed by atoms with Crippen LogP contribution in [0.5, 0.6) is 0 Å². The Morgan fingerprint density at radius 3 is 2.31 bits per heavy atom. The second-order valence-corrected chi connectivity index (χ2v) is 2.49. The second kappa shape index (κ2) is 5.18. The van der Waals surface area contributed by atoms with E-state index in [4.69, 9.17) is 10.8 Å². The Morgan fingerprint density at radius 1 is 1.46 bits per heavy atom. The Hall–Kier alpha value is -1.52. The zero-order chi connectivity index (χ0) is 10.4. The number of carbonyl (C=O) groups is 2. The molecule has 0 aromatic rings. The van der Waals surface area contributed by atoms with E-state index in [1.807, 2.05) is 0 Å². The maximum Gasteiger partial charge on any atom is 0.404 e. The molecule has 3 N–H and O–H groups in total. The molecule has 0 radical (unpaired) electrons. The SMILES string of the molecule is CCC(COC(N)=O)=C(C)C(=O)O. The van der Waals surface area contributed by atoms with Crippen LogP contribution in [0.1, 0.15) is 20.3 Å². The molecule has 13 heavy (non-hydrogen) atoms. The van der Waals surface area contributed by atoms with E-state index in [9.17, 15) is 9.59 Å². The lowest BCUT2D eigenvalue weighted by Gasteiger charge is -2.06. The summed E-state index contributed by atoms with van der Waals surface area (Å²) in [6.45, 7) is 3.20. The predicted molar refractivity (Wildman–Crippen MR) is 46.2 cm³/mol. The lowest BCUT2D eigenvalue weighted by Crippen LogP contribution is -2.16. The molecule has 74 valence electrons. The van der Waals surface area contributed by atoms with Crippen molar-refractivity contribution in [2.24, 2.45) is 5.73 Å². The minimum atomic E-state index is -1.01. The molecule has 0 heterocycles. The molecule has 5 nitrogen and oxygen atoms in total. The lowest BCUT2D eigenvalue weighted by atomic mass is 10.1. The highest BCUT2D eigenvalue weighted by Crippen LogP contribution is 2.08. The van der Waals surface area contributed by atoms with Gasteiger partial charge in [0.25, 0.3) is 0 Å². The minimum absolute atomic E-state index is 0.0516. The van der Waals surface area contributed by atoms with Crippen molar-refractivity contribution in [1.29, 1.82) is 0 Å². The number of hydrogen-bond acceptors (Lipinski definition) is 3. The summed E-state index contributed by atoms with van der Waals surface area (Å²) in [7, 11) is 0. The number of rotatable bonds is 4. The lowest BCUT2D eigenvalue weighted by molar-refractivity contribution is -0.132. The van der Waals surface area contributed by atoms with Gasteiger partial charge in [0.15, 0.2) is 0 Å². The smallest absolute Gasteiger partial charge is 0.404 e. The number of carboxylic acids is 1. The quantitative estimate of drug-likeness (QED) is 0.639. The van der Waals surface area contributed by atoms with Crippen LogP contribution in [0.4, 0.5) is 4.79 Å². The van der Waals surface area contributed by atoms with Gasteiger partial charge in [-0.3, -0.25) is 0 Å². The Labute approximate surface area is 76.2 Å². The molecule has 0 bridgehead atoms. The molecule has 0 unspecified atom stereocenters. The van der Waals surface area contributed by atoms with Crippen molar-refractivity contribution in [3.63, 3.8) is 0 Å². The maximum atomic E-state index is 10.5. The summed E-state index contributed by atoms with van der Waals surface area (Å²) in [5, 5.41) is 8.62. The Bertz CT molecular complexity index is 245. The van der Waals surface area contributed by atoms with E-state index in [1.165, 1.54) is 6.92 Å². The number of aliphatic carboxylic acids is 1. The van der Waals surface area contributed by atoms with Gasteiger partial charge in [0, 0.05) is 5.57 Å². The van der Waals surface area contributed by atoms with E-state index in [2.05, 4.69) is 4.74 Å². The van der Waals surface area contributed by atoms with E-state index in [1.54, 1.807) is 6.92 Å². The van der Waals surface area contributed by atoms with Crippen molar-refractivity contribution in [2.45, 2.75) is 20.3 Å². The van der Waals surface area contributed by atoms with E-state index in [0.717, 1.165) is 0 Å². The Morgan fingerprint density at radius 2 is 2.00 bits per heavy atom. The number of primary amides is 1. The molecule has 0 aromatic carbocycles. The second-order valence-electron chi connectivity index (χ2n) is 2.49. The molecule has 0 aliphatic heterocycles. The number of carbonyl (C=O) groups excluding carboxylic acids is 1. The van der Waals surface area contributed by atoms with Gasteiger partial charge in [0.2, 0.25) is 0 Å². The van der Waals surface area contributed by atoms with Gasteiger partial charge < -0.3 is 15.6 Å². The van der Waals surface area contributed by atoms with Crippen molar-refractivity contribution < 1.29 is 19.4 Å². The fourth-order valence-corrected chi connectivity index (χ4v) is 0.785. The highest BCUT2D eigenvalue weighted by Gasteiger charge is 2.08. The van der Waals surface area contributed by atoms with Crippen LogP contribution in [0.15, 0.2) is 11.1 Å². The molecule has 0 saturated carbocycles. The number of carboxylic acid groups (broad SMARTS) is 1. The van der Waals surface area contributed by atoms with Gasteiger partial charge in [-0.25, -0.2) is 9.59 Å². The van der Waals surface area contributed by atoms with Crippen LogP contribution in [-0.4, -0.2) is 23.8 Å². The first-order chi connectivity index (χ1) is 5.99. The molecule has 0 atom stereocenters. The van der Waals surface area contributed by atoms with Crippen molar-refractivity contribution >= 4 is 12.1 Å². The van der Waals surface area contributed by atoms with E-state index in [-0.39, 0.29) is 12.2 Å². The standard InChI is InChI=1S/C8H13NO4/c1-3-6(4-13-8(9)12)5(2)7(10)11/h3-4H2,1-2H3,(H2,9,12)(H,10,11). The zero-order valence-corrected chi connectivity index (χ0v) is 7.66. The highest BCUT2D eigenvalue weighted by atomic mass is 16.5. The van der Waals surface area contributed by atoms with Gasteiger partial charge in [0.1, 0.15) is 6.61 Å². The average Bonchev–Trinajstić information content (AvgIpc) is 2.04. The van der Waals surface area contributed by atoms with Gasteiger partial charge >= 0.3 is 12.1 Å². The fourth-order valence-electron chi connectivity index (χ4n) is 0.785. The Kier molecular flexibility index (Phi) is 4.58. The van der Waals surface area contributed by atoms with Gasteiger partial charge in [-0.05, 0) is 18.9 Å². The topological polar surface area (TPSA) is 89.6 Å². The van der Waals surface area contributed by atoms with Crippen LogP contribution in [0, 0.1) is 0 Å². The van der Waals surface area contributed by atoms with E-state index < -0.39 is 12.1 Å². The van der Waals surface area contributed by atoms with Crippen molar-refractivity contribution in [3.05, 3.63) is 11.1 Å². The van der Waals surface area contributed by atoms with Crippen molar-refractivity contribution in [3.8, 4) is 0 Å². The first kappa shape index (κ1) is 11.5. The summed E-state index contributed by atoms with van der Waals surface area (Å²) >= 11 is 0. The molecule has 0 fully saturated rings. The molecule has 0 aliphatic carbocycles. The highest BCUT2D eigenvalue weighted by molar-refractivity contribution is 5.86. The summed E-state index contributed by atoms with van der Waals surface area (Å²) < 4.78 is 4.48. The van der Waals surface area contributed by atoms with Crippen LogP contribution in [0.25, 0.3) is 0 Å². The molecular formula is C8H13NO4. The zero-order valence-electron chi connectivity index (χ0n) is 7.66. The molecule has 0 rings (SSSR count). The minimum Gasteiger partial charge on any atom is -0.478 e. The van der Waals surface area contributed by atoms with Crippen molar-refractivity contribution in [2.75, 3.05) is 6.61 Å². The summed E-state index contributed by atoms with van der Waals surface area (Å²) in [5.74, 6) is -1.01. The first-order valence-corrected chi connectivity index (χ1v) is 3.83. The van der Waals surface area contributed by atoms with Gasteiger partial charge in [-0.2, -0.15) is 0 Å². The normalized spacial score (nSPS) is 11.8. The van der Waals surface area contributed by atoms with Gasteiger partial charge in [-0.1, -0.05) is 6.92 Å². The molecule has 0 aliphatic rings. The molecule has 0 spiro atoms. The summed E-state index contributed by atoms with van der Waals surface area (Å²) in [4.78, 5) is 20.8. The monoisotopic (exact) mass is 187 g/mol. The molecule has 0 saturated heterocycles. The average molecular weight is 187 g/mol. The van der Waals surface area contributed by atoms with Crippen LogP contribution in [-0.2, 0) is 9.53 Å². The maximum absolute atomic E-state index is 10.5. The van der Waals surface area contributed by atoms with E-state index in [0.29, 0.717) is 12.0 Å². The largest absolute Gasteiger partial charge is 0.478 e. The third-order valence-electron chi connectivity index (χ3n) is 1.67. The summed E-state index contributed by atoms with van der Waals surface area (Å²) in [6, 6.07) is 0. The number of hydrogen-bond donors (Lipinski definition) is 2. The molecular weight excluding hydrogens is 174 g/mol. The number of amides is 1. The van der Waals surface area contributed by atoms with Crippen molar-refractivity contribution in [1.82, 2.24) is 0 Å². The summed E-state index contributed by atoms with van der Waals surface area (Å²) in [5.41, 5.74) is 5.50. The third-order valence-corrected chi connectivity index (χ3v) is 1.67. The molecule has 0 aromatic heterocycles. The first-order valence-electron chi connectivity index (χ1n) is 3.83. The number of nitrogens with two attached hydrogens (primary N) is 1. The number of ether oxygens (including phenoxy) is 1. The van der Waals surface area contributed by atoms with Crippen LogP contribution < -0.4 is 5.73 Å². The molecule has 5 heteroatoms. The summed E-state index contributed by atoms with van der Waals surface area (Å²) in [6.07, 6.45) is -0.380. The van der Waals surface area contributed by atoms with Crippen LogP contribution >= 0.6 is 0 Å².